The molecule has 1 saturated heterocycles. The quantitative estimate of drug-likeness (QED) is 0.888. The monoisotopic (exact) mass is 334 g/mol. The van der Waals surface area contributed by atoms with E-state index < -0.39 is 11.2 Å². The molecule has 0 atom stereocenters. The fourth-order valence-corrected chi connectivity index (χ4v) is 2.81. The van der Waals surface area contributed by atoms with E-state index in [0.717, 1.165) is 5.69 Å². The number of aryl methyl sites for hydroxylation is 1. The second kappa shape index (κ2) is 7.01. The van der Waals surface area contributed by atoms with Crippen molar-refractivity contribution in [1.29, 1.82) is 0 Å². The number of amides is 1. The van der Waals surface area contributed by atoms with Crippen molar-refractivity contribution in [3.05, 3.63) is 29.3 Å². The number of aliphatic hydroxyl groups is 1. The predicted molar refractivity (Wildman–Crippen MR) is 96.4 cm³/mol. The number of ether oxygens (including phenoxy) is 1. The van der Waals surface area contributed by atoms with Gasteiger partial charge in [-0.15, -0.1) is 0 Å². The highest BCUT2D eigenvalue weighted by Crippen LogP contribution is 2.25. The number of anilines is 1. The summed E-state index contributed by atoms with van der Waals surface area (Å²) < 4.78 is 5.39. The SMILES string of the molecule is Cc1cccc(NCC2(O)CCN(C(=O)OC(C)(C)C)CC2)c1C. The molecule has 0 unspecified atom stereocenters. The van der Waals surface area contributed by atoms with Crippen LogP contribution in [0.3, 0.4) is 0 Å². The molecular weight excluding hydrogens is 304 g/mol. The Balaban J connectivity index is 1.88. The number of rotatable bonds is 3. The van der Waals surface area contributed by atoms with Crippen molar-refractivity contribution in [3.63, 3.8) is 0 Å². The zero-order valence-corrected chi connectivity index (χ0v) is 15.5. The molecule has 0 aliphatic carbocycles. The number of piperidine rings is 1. The Bertz CT molecular complexity index is 585. The molecular formula is C19H30N2O3. The van der Waals surface area contributed by atoms with E-state index in [4.69, 9.17) is 4.74 Å². The third-order valence-electron chi connectivity index (χ3n) is 4.56. The Morgan fingerprint density at radius 1 is 1.29 bits per heavy atom. The molecule has 1 aromatic rings. The molecule has 1 aromatic carbocycles. The zero-order valence-electron chi connectivity index (χ0n) is 15.5. The number of nitrogens with one attached hydrogen (secondary N) is 1. The van der Waals surface area contributed by atoms with Crippen LogP contribution in [0.25, 0.3) is 0 Å². The van der Waals surface area contributed by atoms with Crippen molar-refractivity contribution in [2.45, 2.75) is 58.7 Å². The van der Waals surface area contributed by atoms with Crippen molar-refractivity contribution in [1.82, 2.24) is 4.90 Å². The molecule has 2 rings (SSSR count). The summed E-state index contributed by atoms with van der Waals surface area (Å²) in [6, 6.07) is 6.12. The summed E-state index contributed by atoms with van der Waals surface area (Å²) in [5.41, 5.74) is 2.20. The first-order valence-electron chi connectivity index (χ1n) is 8.60. The van der Waals surface area contributed by atoms with Crippen LogP contribution in [0.15, 0.2) is 18.2 Å². The minimum Gasteiger partial charge on any atom is -0.444 e. The normalized spacial score (nSPS) is 17.5. The van der Waals surface area contributed by atoms with E-state index in [2.05, 4.69) is 25.2 Å². The molecule has 0 spiro atoms. The minimum atomic E-state index is -0.797. The number of likely N-dealkylation sites (tertiary alicyclic amines) is 1. The Hall–Kier alpha value is -1.75. The van der Waals surface area contributed by atoms with Crippen LogP contribution in [0.5, 0.6) is 0 Å². The molecule has 5 heteroatoms. The smallest absolute Gasteiger partial charge is 0.410 e. The van der Waals surface area contributed by atoms with Crippen LogP contribution in [0.2, 0.25) is 0 Å². The van der Waals surface area contributed by atoms with E-state index in [1.54, 1.807) is 4.90 Å². The molecule has 0 saturated carbocycles. The third kappa shape index (κ3) is 4.87. The molecule has 0 radical (unpaired) electrons. The first-order valence-corrected chi connectivity index (χ1v) is 8.60. The number of nitrogens with zero attached hydrogens (tertiary/aromatic N) is 1. The lowest BCUT2D eigenvalue weighted by Crippen LogP contribution is -2.50. The van der Waals surface area contributed by atoms with Crippen molar-refractivity contribution < 1.29 is 14.6 Å². The Morgan fingerprint density at radius 2 is 1.92 bits per heavy atom. The van der Waals surface area contributed by atoms with Crippen molar-refractivity contribution in [3.8, 4) is 0 Å². The molecule has 1 amide bonds. The number of benzene rings is 1. The lowest BCUT2D eigenvalue weighted by molar-refractivity contribution is -0.0244. The fourth-order valence-electron chi connectivity index (χ4n) is 2.81. The summed E-state index contributed by atoms with van der Waals surface area (Å²) in [6.07, 6.45) is 0.792. The summed E-state index contributed by atoms with van der Waals surface area (Å²) in [5.74, 6) is 0. The van der Waals surface area contributed by atoms with Gasteiger partial charge in [-0.1, -0.05) is 12.1 Å². The first kappa shape index (κ1) is 18.6. The molecule has 1 aliphatic heterocycles. The minimum absolute atomic E-state index is 0.299. The van der Waals surface area contributed by atoms with Crippen LogP contribution in [0.1, 0.15) is 44.7 Å². The fraction of sp³-hybridized carbons (Fsp3) is 0.632. The molecule has 1 fully saturated rings. The number of hydrogen-bond donors (Lipinski definition) is 2. The van der Waals surface area contributed by atoms with Crippen LogP contribution in [-0.2, 0) is 4.74 Å². The van der Waals surface area contributed by atoms with Gasteiger partial charge in [0.1, 0.15) is 5.60 Å². The van der Waals surface area contributed by atoms with Crippen LogP contribution < -0.4 is 5.32 Å². The van der Waals surface area contributed by atoms with E-state index in [0.29, 0.717) is 32.5 Å². The summed E-state index contributed by atoms with van der Waals surface area (Å²) in [5, 5.41) is 14.1. The van der Waals surface area contributed by atoms with E-state index in [9.17, 15) is 9.90 Å². The van der Waals surface area contributed by atoms with Gasteiger partial charge in [-0.25, -0.2) is 4.79 Å². The van der Waals surface area contributed by atoms with Gasteiger partial charge < -0.3 is 20.1 Å². The van der Waals surface area contributed by atoms with Gasteiger partial charge in [0, 0.05) is 25.3 Å². The Morgan fingerprint density at radius 3 is 2.50 bits per heavy atom. The highest BCUT2D eigenvalue weighted by Gasteiger charge is 2.35. The van der Waals surface area contributed by atoms with Crippen LogP contribution in [0.4, 0.5) is 10.5 Å². The zero-order chi connectivity index (χ0) is 18.0. The van der Waals surface area contributed by atoms with E-state index in [-0.39, 0.29) is 6.09 Å². The summed E-state index contributed by atoms with van der Waals surface area (Å²) >= 11 is 0. The second-order valence-electron chi connectivity index (χ2n) is 7.79. The Labute approximate surface area is 145 Å². The van der Waals surface area contributed by atoms with Gasteiger partial charge in [0.25, 0.3) is 0 Å². The highest BCUT2D eigenvalue weighted by molar-refractivity contribution is 5.68. The lowest BCUT2D eigenvalue weighted by Gasteiger charge is -2.39. The van der Waals surface area contributed by atoms with Gasteiger partial charge in [-0.3, -0.25) is 0 Å². The Kier molecular flexibility index (Phi) is 5.43. The maximum absolute atomic E-state index is 12.1. The van der Waals surface area contributed by atoms with Crippen LogP contribution in [0, 0.1) is 13.8 Å². The molecule has 134 valence electrons. The number of carbonyl (C=O) groups is 1. The van der Waals surface area contributed by atoms with Gasteiger partial charge in [0.15, 0.2) is 0 Å². The maximum atomic E-state index is 12.1. The molecule has 1 aliphatic rings. The highest BCUT2D eigenvalue weighted by atomic mass is 16.6. The largest absolute Gasteiger partial charge is 0.444 e. The van der Waals surface area contributed by atoms with Crippen molar-refractivity contribution >= 4 is 11.8 Å². The van der Waals surface area contributed by atoms with Gasteiger partial charge >= 0.3 is 6.09 Å². The lowest BCUT2D eigenvalue weighted by atomic mass is 9.91. The van der Waals surface area contributed by atoms with Crippen LogP contribution >= 0.6 is 0 Å². The molecule has 5 nitrogen and oxygen atoms in total. The van der Waals surface area contributed by atoms with Gasteiger partial charge in [-0.05, 0) is 64.7 Å². The summed E-state index contributed by atoms with van der Waals surface area (Å²) in [6.45, 7) is 11.2. The average Bonchev–Trinajstić information content (AvgIpc) is 2.48. The van der Waals surface area contributed by atoms with E-state index in [1.807, 2.05) is 32.9 Å². The van der Waals surface area contributed by atoms with Crippen LogP contribution in [-0.4, -0.2) is 46.9 Å². The van der Waals surface area contributed by atoms with Gasteiger partial charge in [0.05, 0.1) is 5.60 Å². The summed E-state index contributed by atoms with van der Waals surface area (Å²) in [7, 11) is 0. The number of carbonyl (C=O) groups excluding carboxylic acids is 1. The van der Waals surface area contributed by atoms with Crippen molar-refractivity contribution in [2.24, 2.45) is 0 Å². The number of hydrogen-bond acceptors (Lipinski definition) is 4. The molecule has 0 bridgehead atoms. The van der Waals surface area contributed by atoms with E-state index in [1.165, 1.54) is 11.1 Å². The standard InChI is InChI=1S/C19H30N2O3/c1-14-7-6-8-16(15(14)2)20-13-19(23)9-11-21(12-10-19)17(22)24-18(3,4)5/h6-8,20,23H,9-13H2,1-5H3. The molecule has 2 N–H and O–H groups in total. The maximum Gasteiger partial charge on any atom is 0.410 e. The average molecular weight is 334 g/mol. The summed E-state index contributed by atoms with van der Waals surface area (Å²) in [4.78, 5) is 13.8. The first-order chi connectivity index (χ1) is 11.1. The second-order valence-corrected chi connectivity index (χ2v) is 7.79. The molecule has 24 heavy (non-hydrogen) atoms. The van der Waals surface area contributed by atoms with E-state index >= 15 is 0 Å². The third-order valence-corrected chi connectivity index (χ3v) is 4.56. The molecule has 1 heterocycles. The topological polar surface area (TPSA) is 61.8 Å². The predicted octanol–water partition coefficient (Wildman–Crippen LogP) is 3.48. The van der Waals surface area contributed by atoms with Gasteiger partial charge in [0.2, 0.25) is 0 Å². The molecule has 0 aromatic heterocycles. The van der Waals surface area contributed by atoms with Gasteiger partial charge in [-0.2, -0.15) is 0 Å². The van der Waals surface area contributed by atoms with Crippen molar-refractivity contribution in [2.75, 3.05) is 25.0 Å².